The van der Waals surface area contributed by atoms with Crippen molar-refractivity contribution in [3.63, 3.8) is 0 Å². The summed E-state index contributed by atoms with van der Waals surface area (Å²) in [5.74, 6) is 0.723. The molecule has 1 fully saturated rings. The van der Waals surface area contributed by atoms with Crippen molar-refractivity contribution in [2.24, 2.45) is 0 Å². The Kier molecular flexibility index (Phi) is 4.97. The number of urea groups is 1. The van der Waals surface area contributed by atoms with E-state index in [0.29, 0.717) is 41.8 Å². The third-order valence-corrected chi connectivity index (χ3v) is 9.19. The Hall–Kier alpha value is -2.14. The second kappa shape index (κ2) is 7.52. The average molecular weight is 467 g/mol. The number of hydrogen-bond donors (Lipinski definition) is 0. The number of piperazine rings is 1. The number of amides is 2. The molecule has 1 saturated heterocycles. The van der Waals surface area contributed by atoms with Gasteiger partial charge in [0.2, 0.25) is 0 Å². The van der Waals surface area contributed by atoms with Crippen LogP contribution < -0.4 is 0 Å². The maximum atomic E-state index is 13.1. The SMILES string of the molecule is O=C(N1CCN(S(=O)(=O)c2cc3ccc(Cl)cc3s2)CC1)N1CCc2ncoc2C1. The zero-order valence-electron chi connectivity index (χ0n) is 16.0. The van der Waals surface area contributed by atoms with E-state index in [1.165, 1.54) is 22.0 Å². The maximum absolute atomic E-state index is 13.1. The molecule has 2 aromatic heterocycles. The van der Waals surface area contributed by atoms with Gasteiger partial charge in [-0.3, -0.25) is 0 Å². The van der Waals surface area contributed by atoms with Gasteiger partial charge in [0.15, 0.2) is 6.39 Å². The van der Waals surface area contributed by atoms with Crippen LogP contribution in [0.25, 0.3) is 10.1 Å². The van der Waals surface area contributed by atoms with Gasteiger partial charge in [0.1, 0.15) is 9.97 Å². The molecule has 2 aliphatic rings. The monoisotopic (exact) mass is 466 g/mol. The lowest BCUT2D eigenvalue weighted by Crippen LogP contribution is -2.54. The van der Waals surface area contributed by atoms with Crippen LogP contribution in [0.4, 0.5) is 4.79 Å². The lowest BCUT2D eigenvalue weighted by atomic mass is 10.2. The molecule has 0 aliphatic carbocycles. The highest BCUT2D eigenvalue weighted by molar-refractivity contribution is 7.91. The van der Waals surface area contributed by atoms with Crippen LogP contribution in [0.1, 0.15) is 11.5 Å². The zero-order chi connectivity index (χ0) is 20.9. The second-order valence-corrected chi connectivity index (χ2v) is 11.0. The molecule has 0 saturated carbocycles. The molecule has 0 spiro atoms. The highest BCUT2D eigenvalue weighted by Crippen LogP contribution is 2.33. The smallest absolute Gasteiger partial charge is 0.320 e. The predicted octanol–water partition coefficient (Wildman–Crippen LogP) is 3.03. The molecule has 2 amide bonds. The van der Waals surface area contributed by atoms with Gasteiger partial charge >= 0.3 is 6.03 Å². The van der Waals surface area contributed by atoms with Crippen LogP contribution in [0.5, 0.6) is 0 Å². The summed E-state index contributed by atoms with van der Waals surface area (Å²) in [6.45, 7) is 2.23. The third kappa shape index (κ3) is 3.47. The number of rotatable bonds is 2. The normalized spacial score (nSPS) is 18.0. The van der Waals surface area contributed by atoms with Crippen molar-refractivity contribution in [2.45, 2.75) is 17.2 Å². The molecule has 1 aromatic carbocycles. The minimum Gasteiger partial charge on any atom is -0.446 e. The third-order valence-electron chi connectivity index (χ3n) is 5.51. The molecule has 0 N–H and O–H groups in total. The lowest BCUT2D eigenvalue weighted by Gasteiger charge is -2.37. The number of thiophene rings is 1. The summed E-state index contributed by atoms with van der Waals surface area (Å²) in [7, 11) is -3.61. The van der Waals surface area contributed by atoms with E-state index in [2.05, 4.69) is 4.98 Å². The van der Waals surface area contributed by atoms with E-state index in [0.717, 1.165) is 21.5 Å². The van der Waals surface area contributed by atoms with Gasteiger partial charge in [-0.15, -0.1) is 11.3 Å². The molecular formula is C19H19ClN4O4S2. The Morgan fingerprint density at radius 1 is 1.10 bits per heavy atom. The number of benzene rings is 1. The van der Waals surface area contributed by atoms with Crippen molar-refractivity contribution in [3.8, 4) is 0 Å². The van der Waals surface area contributed by atoms with Gasteiger partial charge < -0.3 is 14.2 Å². The Labute approximate surface area is 182 Å². The fourth-order valence-corrected chi connectivity index (χ4v) is 7.09. The Morgan fingerprint density at radius 3 is 2.70 bits per heavy atom. The van der Waals surface area contributed by atoms with Crippen molar-refractivity contribution in [1.29, 1.82) is 0 Å². The highest BCUT2D eigenvalue weighted by Gasteiger charge is 2.34. The van der Waals surface area contributed by atoms with E-state index in [4.69, 9.17) is 16.0 Å². The number of sulfonamides is 1. The first-order chi connectivity index (χ1) is 14.4. The van der Waals surface area contributed by atoms with E-state index >= 15 is 0 Å². The van der Waals surface area contributed by atoms with Gasteiger partial charge in [-0.05, 0) is 23.6 Å². The molecular weight excluding hydrogens is 448 g/mol. The molecule has 0 radical (unpaired) electrons. The summed E-state index contributed by atoms with van der Waals surface area (Å²) in [6.07, 6.45) is 2.08. The van der Waals surface area contributed by atoms with Gasteiger partial charge in [0.05, 0.1) is 12.2 Å². The number of aromatic nitrogens is 1. The van der Waals surface area contributed by atoms with Crippen LogP contribution in [-0.2, 0) is 23.0 Å². The van der Waals surface area contributed by atoms with Crippen LogP contribution in [0.15, 0.2) is 39.3 Å². The van der Waals surface area contributed by atoms with Crippen LogP contribution >= 0.6 is 22.9 Å². The van der Waals surface area contributed by atoms with Crippen LogP contribution in [0.2, 0.25) is 5.02 Å². The molecule has 30 heavy (non-hydrogen) atoms. The fraction of sp³-hybridized carbons (Fsp3) is 0.368. The van der Waals surface area contributed by atoms with Crippen LogP contribution in [0.3, 0.4) is 0 Å². The minimum absolute atomic E-state index is 0.0920. The van der Waals surface area contributed by atoms with E-state index in [-0.39, 0.29) is 19.1 Å². The Bertz CT molecular complexity index is 1210. The summed E-state index contributed by atoms with van der Waals surface area (Å²) in [5, 5.41) is 1.43. The van der Waals surface area contributed by atoms with Crippen molar-refractivity contribution in [3.05, 3.63) is 47.1 Å². The van der Waals surface area contributed by atoms with E-state index in [1.54, 1.807) is 28.0 Å². The number of halogens is 1. The Balaban J connectivity index is 1.26. The topological polar surface area (TPSA) is 87.0 Å². The molecule has 0 unspecified atom stereocenters. The number of carbonyl (C=O) groups excluding carboxylic acids is 1. The summed E-state index contributed by atoms with van der Waals surface area (Å²) in [5.41, 5.74) is 0.902. The summed E-state index contributed by atoms with van der Waals surface area (Å²) >= 11 is 7.24. The molecule has 0 bridgehead atoms. The predicted molar refractivity (Wildman–Crippen MR) is 113 cm³/mol. The van der Waals surface area contributed by atoms with E-state index < -0.39 is 10.0 Å². The van der Waals surface area contributed by atoms with Gasteiger partial charge in [0.25, 0.3) is 10.0 Å². The molecule has 158 valence electrons. The van der Waals surface area contributed by atoms with Gasteiger partial charge in [-0.25, -0.2) is 18.2 Å². The summed E-state index contributed by atoms with van der Waals surface area (Å²) in [6, 6.07) is 6.94. The highest BCUT2D eigenvalue weighted by atomic mass is 35.5. The molecule has 8 nitrogen and oxygen atoms in total. The van der Waals surface area contributed by atoms with Gasteiger partial charge in [-0.1, -0.05) is 17.7 Å². The summed E-state index contributed by atoms with van der Waals surface area (Å²) < 4.78 is 34.1. The van der Waals surface area contributed by atoms with Gasteiger partial charge in [0, 0.05) is 48.9 Å². The second-order valence-electron chi connectivity index (χ2n) is 7.32. The molecule has 5 rings (SSSR count). The Morgan fingerprint density at radius 2 is 1.90 bits per heavy atom. The lowest BCUT2D eigenvalue weighted by molar-refractivity contribution is 0.126. The van der Waals surface area contributed by atoms with Crippen molar-refractivity contribution >= 4 is 49.1 Å². The number of hydrogen-bond acceptors (Lipinski definition) is 6. The first-order valence-corrected chi connectivity index (χ1v) is 12.2. The zero-order valence-corrected chi connectivity index (χ0v) is 18.3. The quantitative estimate of drug-likeness (QED) is 0.579. The van der Waals surface area contributed by atoms with Crippen LogP contribution in [-0.4, -0.2) is 66.3 Å². The molecule has 0 atom stereocenters. The first kappa shape index (κ1) is 19.8. The average Bonchev–Trinajstić information content (AvgIpc) is 3.39. The molecule has 11 heteroatoms. The molecule has 3 aromatic rings. The molecule has 2 aliphatic heterocycles. The fourth-order valence-electron chi connectivity index (χ4n) is 3.84. The number of carbonyl (C=O) groups is 1. The standard InChI is InChI=1S/C19H19ClN4O4S2/c20-14-2-1-13-9-18(29-17(13)10-14)30(26,27)24-7-5-22(6-8-24)19(25)23-4-3-15-16(11-23)28-12-21-15/h1-2,9-10,12H,3-8,11H2. The van der Waals surface area contributed by atoms with Gasteiger partial charge in [-0.2, -0.15) is 4.31 Å². The van der Waals surface area contributed by atoms with E-state index in [9.17, 15) is 13.2 Å². The summed E-state index contributed by atoms with van der Waals surface area (Å²) in [4.78, 5) is 20.5. The number of oxazole rings is 1. The largest absolute Gasteiger partial charge is 0.446 e. The van der Waals surface area contributed by atoms with Crippen molar-refractivity contribution < 1.29 is 17.6 Å². The molecule has 4 heterocycles. The first-order valence-electron chi connectivity index (χ1n) is 9.56. The maximum Gasteiger partial charge on any atom is 0.320 e. The minimum atomic E-state index is -3.61. The number of nitrogens with zero attached hydrogens (tertiary/aromatic N) is 4. The van der Waals surface area contributed by atoms with Crippen molar-refractivity contribution in [1.82, 2.24) is 19.1 Å². The van der Waals surface area contributed by atoms with E-state index in [1.807, 2.05) is 6.07 Å². The van der Waals surface area contributed by atoms with Crippen LogP contribution in [0, 0.1) is 0 Å². The van der Waals surface area contributed by atoms with Crippen molar-refractivity contribution in [2.75, 3.05) is 32.7 Å². The number of fused-ring (bicyclic) bond motifs is 2.